The molecule has 7 nitrogen and oxygen atoms in total. The minimum Gasteiger partial charge on any atom is -0.350 e. The molecule has 0 aliphatic rings. The summed E-state index contributed by atoms with van der Waals surface area (Å²) in [5, 5.41) is 2.89. The van der Waals surface area contributed by atoms with Gasteiger partial charge in [-0.25, -0.2) is 8.42 Å². The van der Waals surface area contributed by atoms with Crippen molar-refractivity contribution in [3.05, 3.63) is 64.6 Å². The predicted octanol–water partition coefficient (Wildman–Crippen LogP) is 3.55. The third-order valence-electron chi connectivity index (χ3n) is 4.63. The van der Waals surface area contributed by atoms with Crippen molar-refractivity contribution in [1.82, 2.24) is 10.2 Å². The first-order valence-electron chi connectivity index (χ1n) is 10.2. The van der Waals surface area contributed by atoms with Crippen LogP contribution in [0.3, 0.4) is 0 Å². The van der Waals surface area contributed by atoms with Crippen LogP contribution in [0, 0.1) is 0 Å². The normalized spacial score (nSPS) is 12.7. The summed E-state index contributed by atoms with van der Waals surface area (Å²) in [5.74, 6) is -0.790. The van der Waals surface area contributed by atoms with Gasteiger partial charge < -0.3 is 10.2 Å². The van der Waals surface area contributed by atoms with Gasteiger partial charge in [0, 0.05) is 16.6 Å². The average Bonchev–Trinajstić information content (AvgIpc) is 2.68. The van der Waals surface area contributed by atoms with Gasteiger partial charge in [-0.05, 0) is 57.5 Å². The summed E-state index contributed by atoms with van der Waals surface area (Å²) in [6.45, 7) is 6.97. The predicted molar refractivity (Wildman–Crippen MR) is 131 cm³/mol. The maximum absolute atomic E-state index is 13.4. The van der Waals surface area contributed by atoms with Gasteiger partial charge in [0.05, 0.1) is 11.9 Å². The molecule has 2 aromatic rings. The molecule has 0 bridgehead atoms. The van der Waals surface area contributed by atoms with Crippen LogP contribution in [0.5, 0.6) is 0 Å². The molecule has 0 spiro atoms. The Labute approximate surface area is 199 Å². The molecule has 174 valence electrons. The number of carbonyl (C=O) groups is 2. The fourth-order valence-electron chi connectivity index (χ4n) is 3.10. The molecule has 1 unspecified atom stereocenters. The van der Waals surface area contributed by atoms with Crippen LogP contribution in [0.25, 0.3) is 0 Å². The second kappa shape index (κ2) is 10.5. The number of nitrogens with zero attached hydrogens (tertiary/aromatic N) is 2. The fourth-order valence-corrected chi connectivity index (χ4v) is 4.39. The molecule has 1 N–H and O–H groups in total. The van der Waals surface area contributed by atoms with Gasteiger partial charge in [-0.2, -0.15) is 0 Å². The summed E-state index contributed by atoms with van der Waals surface area (Å²) in [5.41, 5.74) is 0.727. The Balaban J connectivity index is 2.38. The SMILES string of the molecule is CC(C(=O)NC(C)(C)C)N(Cc1cccc(Br)c1)C(=O)CN(c1ccccc1)S(C)(=O)=O. The van der Waals surface area contributed by atoms with E-state index in [0.717, 1.165) is 20.6 Å². The number of anilines is 1. The number of hydrogen-bond donors (Lipinski definition) is 1. The van der Waals surface area contributed by atoms with Crippen molar-refractivity contribution in [2.75, 3.05) is 17.1 Å². The van der Waals surface area contributed by atoms with Crippen LogP contribution in [0.4, 0.5) is 5.69 Å². The van der Waals surface area contributed by atoms with Crippen molar-refractivity contribution >= 4 is 43.5 Å². The zero-order valence-corrected chi connectivity index (χ0v) is 21.4. The summed E-state index contributed by atoms with van der Waals surface area (Å²) < 4.78 is 26.8. The number of halogens is 1. The highest BCUT2D eigenvalue weighted by Gasteiger charge is 2.31. The minimum atomic E-state index is -3.72. The molecule has 0 radical (unpaired) electrons. The van der Waals surface area contributed by atoms with E-state index in [1.165, 1.54) is 4.90 Å². The standard InChI is InChI=1S/C23H30BrN3O4S/c1-17(22(29)25-23(2,3)4)26(15-18-10-9-11-19(24)14-18)21(28)16-27(32(5,30)31)20-12-7-6-8-13-20/h6-14,17H,15-16H2,1-5H3,(H,25,29). The highest BCUT2D eigenvalue weighted by atomic mass is 79.9. The van der Waals surface area contributed by atoms with E-state index in [4.69, 9.17) is 0 Å². The van der Waals surface area contributed by atoms with Crippen molar-refractivity contribution in [2.45, 2.75) is 45.8 Å². The Morgan fingerprint density at radius 2 is 1.69 bits per heavy atom. The van der Waals surface area contributed by atoms with E-state index >= 15 is 0 Å². The highest BCUT2D eigenvalue weighted by Crippen LogP contribution is 2.20. The van der Waals surface area contributed by atoms with Crippen molar-refractivity contribution in [3.8, 4) is 0 Å². The average molecular weight is 524 g/mol. The minimum absolute atomic E-state index is 0.156. The Kier molecular flexibility index (Phi) is 8.47. The van der Waals surface area contributed by atoms with Crippen LogP contribution < -0.4 is 9.62 Å². The highest BCUT2D eigenvalue weighted by molar-refractivity contribution is 9.10. The van der Waals surface area contributed by atoms with Gasteiger partial charge in [-0.1, -0.05) is 46.3 Å². The summed E-state index contributed by atoms with van der Waals surface area (Å²) >= 11 is 3.42. The molecule has 0 heterocycles. The van der Waals surface area contributed by atoms with E-state index in [0.29, 0.717) is 5.69 Å². The Morgan fingerprint density at radius 1 is 1.06 bits per heavy atom. The first-order chi connectivity index (χ1) is 14.8. The van der Waals surface area contributed by atoms with Crippen molar-refractivity contribution in [1.29, 1.82) is 0 Å². The summed E-state index contributed by atoms with van der Waals surface area (Å²) in [7, 11) is -3.72. The Hall–Kier alpha value is -2.39. The molecule has 32 heavy (non-hydrogen) atoms. The molecule has 2 rings (SSSR count). The molecule has 0 aliphatic carbocycles. The van der Waals surface area contributed by atoms with Gasteiger partial charge in [0.15, 0.2) is 0 Å². The molecular weight excluding hydrogens is 494 g/mol. The number of hydrogen-bond acceptors (Lipinski definition) is 4. The molecule has 9 heteroatoms. The van der Waals surface area contributed by atoms with Gasteiger partial charge in [0.25, 0.3) is 0 Å². The van der Waals surface area contributed by atoms with Crippen LogP contribution in [-0.4, -0.2) is 49.5 Å². The second-order valence-electron chi connectivity index (χ2n) is 8.67. The fraction of sp³-hybridized carbons (Fsp3) is 0.391. The number of nitrogens with one attached hydrogen (secondary N) is 1. The monoisotopic (exact) mass is 523 g/mol. The number of rotatable bonds is 8. The summed E-state index contributed by atoms with van der Waals surface area (Å²) in [6, 6.07) is 15.0. The maximum atomic E-state index is 13.4. The van der Waals surface area contributed by atoms with Crippen molar-refractivity contribution in [3.63, 3.8) is 0 Å². The smallest absolute Gasteiger partial charge is 0.244 e. The molecule has 0 aromatic heterocycles. The van der Waals surface area contributed by atoms with Crippen LogP contribution in [-0.2, 0) is 26.2 Å². The lowest BCUT2D eigenvalue weighted by molar-refractivity contribution is -0.140. The molecule has 0 saturated carbocycles. The van der Waals surface area contributed by atoms with Gasteiger partial charge >= 0.3 is 0 Å². The third kappa shape index (κ3) is 7.63. The summed E-state index contributed by atoms with van der Waals surface area (Å²) in [6.07, 6.45) is 1.06. The molecule has 0 fully saturated rings. The van der Waals surface area contributed by atoms with E-state index in [-0.39, 0.29) is 12.5 Å². The Bertz CT molecular complexity index is 1050. The summed E-state index contributed by atoms with van der Waals surface area (Å²) in [4.78, 5) is 27.7. The first-order valence-corrected chi connectivity index (χ1v) is 12.8. The molecule has 2 amide bonds. The Morgan fingerprint density at radius 3 is 2.22 bits per heavy atom. The molecule has 2 aromatic carbocycles. The van der Waals surface area contributed by atoms with Crippen molar-refractivity contribution in [2.24, 2.45) is 0 Å². The van der Waals surface area contributed by atoms with E-state index < -0.39 is 34.1 Å². The zero-order chi connectivity index (χ0) is 24.1. The van der Waals surface area contributed by atoms with Crippen LogP contribution in [0.15, 0.2) is 59.1 Å². The van der Waals surface area contributed by atoms with Gasteiger partial charge in [0.1, 0.15) is 12.6 Å². The number of benzene rings is 2. The lowest BCUT2D eigenvalue weighted by Gasteiger charge is -2.33. The van der Waals surface area contributed by atoms with Gasteiger partial charge in [-0.3, -0.25) is 13.9 Å². The third-order valence-corrected chi connectivity index (χ3v) is 6.26. The number of carbonyl (C=O) groups excluding carboxylic acids is 2. The maximum Gasteiger partial charge on any atom is 0.244 e. The molecule has 0 aliphatic heterocycles. The van der Waals surface area contributed by atoms with Crippen LogP contribution >= 0.6 is 15.9 Å². The largest absolute Gasteiger partial charge is 0.350 e. The zero-order valence-electron chi connectivity index (χ0n) is 19.0. The molecular formula is C23H30BrN3O4S. The van der Waals surface area contributed by atoms with Crippen molar-refractivity contribution < 1.29 is 18.0 Å². The topological polar surface area (TPSA) is 86.8 Å². The molecule has 0 saturated heterocycles. The van der Waals surface area contributed by atoms with E-state index in [9.17, 15) is 18.0 Å². The molecule has 1 atom stereocenters. The van der Waals surface area contributed by atoms with Gasteiger partial charge in [0.2, 0.25) is 21.8 Å². The first kappa shape index (κ1) is 25.9. The lowest BCUT2D eigenvalue weighted by atomic mass is 10.1. The lowest BCUT2D eigenvalue weighted by Crippen LogP contribution is -2.54. The number of sulfonamides is 1. The number of para-hydroxylation sites is 1. The van der Waals surface area contributed by atoms with E-state index in [2.05, 4.69) is 21.2 Å². The van der Waals surface area contributed by atoms with Crippen LogP contribution in [0.1, 0.15) is 33.3 Å². The van der Waals surface area contributed by atoms with Crippen LogP contribution in [0.2, 0.25) is 0 Å². The van der Waals surface area contributed by atoms with E-state index in [1.807, 2.05) is 45.0 Å². The van der Waals surface area contributed by atoms with E-state index in [1.54, 1.807) is 37.3 Å². The quantitative estimate of drug-likeness (QED) is 0.573. The number of amides is 2. The second-order valence-corrected chi connectivity index (χ2v) is 11.5. The van der Waals surface area contributed by atoms with Gasteiger partial charge in [-0.15, -0.1) is 0 Å².